The zero-order chi connectivity index (χ0) is 16.5. The van der Waals surface area contributed by atoms with Gasteiger partial charge in [0.05, 0.1) is 6.67 Å². The van der Waals surface area contributed by atoms with Gasteiger partial charge in [-0.15, -0.1) is 0 Å². The van der Waals surface area contributed by atoms with Crippen molar-refractivity contribution in [1.29, 1.82) is 0 Å². The molecule has 0 aromatic heterocycles. The Balaban J connectivity index is 0.000000382. The lowest BCUT2D eigenvalue weighted by atomic mass is 9.67. The summed E-state index contributed by atoms with van der Waals surface area (Å²) in [6.07, 6.45) is 8.79. The zero-order valence-corrected chi connectivity index (χ0v) is 15.7. The summed E-state index contributed by atoms with van der Waals surface area (Å²) in [6, 6.07) is 0. The largest absolute Gasteiger partial charge is 0.251 e. The molecule has 1 saturated carbocycles. The van der Waals surface area contributed by atoms with E-state index in [2.05, 4.69) is 41.2 Å². The van der Waals surface area contributed by atoms with Crippen LogP contribution < -0.4 is 0 Å². The molecule has 2 heteroatoms. The van der Waals surface area contributed by atoms with Gasteiger partial charge < -0.3 is 0 Å². The maximum Gasteiger partial charge on any atom is 0.0894 e. The Labute approximate surface area is 137 Å². The van der Waals surface area contributed by atoms with E-state index in [1.54, 1.807) is 0 Å². The summed E-state index contributed by atoms with van der Waals surface area (Å²) in [5, 5.41) is 0.732. The minimum absolute atomic E-state index is 0.178. The molecule has 21 heavy (non-hydrogen) atoms. The van der Waals surface area contributed by atoms with E-state index < -0.39 is 0 Å². The van der Waals surface area contributed by atoms with Gasteiger partial charge in [0.2, 0.25) is 0 Å². The monoisotopic (exact) mass is 318 g/mol. The summed E-state index contributed by atoms with van der Waals surface area (Å²) in [7, 11) is 0. The van der Waals surface area contributed by atoms with E-state index in [9.17, 15) is 4.39 Å². The Bertz CT molecular complexity index is 294. The van der Waals surface area contributed by atoms with Gasteiger partial charge in [0.25, 0.3) is 0 Å². The predicted octanol–water partition coefficient (Wildman–Crippen LogP) is 7.52. The molecule has 0 aliphatic heterocycles. The smallest absolute Gasteiger partial charge is 0.0894 e. The fourth-order valence-electron chi connectivity index (χ4n) is 2.87. The standard InChI is InChI=1S/C10H20.C9H16ClF/c1-8-6-7-9(2,3)10(8,4)5;1-9(10)7-5-3-2-4-6-8-11/h8H,6-7H2,1-5H3;1-8H2. The molecule has 0 aromatic rings. The Morgan fingerprint density at radius 2 is 1.62 bits per heavy atom. The third kappa shape index (κ3) is 7.68. The maximum atomic E-state index is 11.6. The first-order chi connectivity index (χ1) is 9.65. The van der Waals surface area contributed by atoms with Crippen LogP contribution in [0.1, 0.15) is 86.0 Å². The van der Waals surface area contributed by atoms with Gasteiger partial charge in [0.1, 0.15) is 0 Å². The molecule has 1 atom stereocenters. The minimum atomic E-state index is -0.178. The molecule has 1 aliphatic rings. The van der Waals surface area contributed by atoms with Crippen LogP contribution in [-0.2, 0) is 0 Å². The molecule has 0 nitrogen and oxygen atoms in total. The molecular weight excluding hydrogens is 283 g/mol. The Morgan fingerprint density at radius 1 is 1.10 bits per heavy atom. The second kappa shape index (κ2) is 9.87. The number of allylic oxidation sites excluding steroid dienone is 1. The fraction of sp³-hybridized carbons (Fsp3) is 0.895. The molecule has 0 spiro atoms. The fourth-order valence-corrected chi connectivity index (χ4v) is 3.00. The van der Waals surface area contributed by atoms with Crippen molar-refractivity contribution in [3.05, 3.63) is 11.6 Å². The lowest BCUT2D eigenvalue weighted by Crippen LogP contribution is -2.30. The van der Waals surface area contributed by atoms with Crippen LogP contribution in [0.3, 0.4) is 0 Å². The third-order valence-corrected chi connectivity index (χ3v) is 5.95. The van der Waals surface area contributed by atoms with Crippen LogP contribution in [0.25, 0.3) is 0 Å². The molecule has 1 rings (SSSR count). The van der Waals surface area contributed by atoms with Crippen LogP contribution >= 0.6 is 11.6 Å². The summed E-state index contributed by atoms with van der Waals surface area (Å²) < 4.78 is 11.6. The third-order valence-electron chi connectivity index (χ3n) is 5.76. The average molecular weight is 319 g/mol. The number of halogens is 2. The van der Waals surface area contributed by atoms with Crippen molar-refractivity contribution in [2.45, 2.75) is 86.0 Å². The van der Waals surface area contributed by atoms with Crippen molar-refractivity contribution < 1.29 is 4.39 Å². The van der Waals surface area contributed by atoms with Crippen LogP contribution in [-0.4, -0.2) is 6.67 Å². The van der Waals surface area contributed by atoms with Crippen molar-refractivity contribution in [1.82, 2.24) is 0 Å². The van der Waals surface area contributed by atoms with E-state index in [1.807, 2.05) is 0 Å². The zero-order valence-electron chi connectivity index (χ0n) is 14.9. The van der Waals surface area contributed by atoms with Gasteiger partial charge in [-0.25, -0.2) is 0 Å². The van der Waals surface area contributed by atoms with Crippen molar-refractivity contribution in [3.8, 4) is 0 Å². The quantitative estimate of drug-likeness (QED) is 0.426. The molecule has 126 valence electrons. The highest BCUT2D eigenvalue weighted by atomic mass is 35.5. The van der Waals surface area contributed by atoms with E-state index >= 15 is 0 Å². The van der Waals surface area contributed by atoms with Gasteiger partial charge in [0, 0.05) is 5.03 Å². The SMILES string of the molecule is C=C(Cl)CCCCCCCF.CC1CCC(C)(C)C1(C)C. The van der Waals surface area contributed by atoms with Crippen LogP contribution in [0.2, 0.25) is 0 Å². The van der Waals surface area contributed by atoms with Gasteiger partial charge in [-0.3, -0.25) is 4.39 Å². The molecule has 1 unspecified atom stereocenters. The lowest BCUT2D eigenvalue weighted by Gasteiger charge is -2.37. The molecule has 0 radical (unpaired) electrons. The molecule has 1 fully saturated rings. The summed E-state index contributed by atoms with van der Waals surface area (Å²) in [5.41, 5.74) is 1.11. The topological polar surface area (TPSA) is 0 Å². The first kappa shape index (κ1) is 21.0. The van der Waals surface area contributed by atoms with Crippen molar-refractivity contribution in [2.75, 3.05) is 6.67 Å². The number of unbranched alkanes of at least 4 members (excludes halogenated alkanes) is 4. The van der Waals surface area contributed by atoms with Crippen LogP contribution in [0.5, 0.6) is 0 Å². The maximum absolute atomic E-state index is 11.6. The molecule has 0 N–H and O–H groups in total. The van der Waals surface area contributed by atoms with Gasteiger partial charge in [-0.1, -0.05) is 72.1 Å². The second-order valence-corrected chi connectivity index (χ2v) is 8.30. The van der Waals surface area contributed by atoms with Gasteiger partial charge in [-0.05, 0) is 48.9 Å². The Hall–Kier alpha value is -0.0400. The van der Waals surface area contributed by atoms with Gasteiger partial charge in [0.15, 0.2) is 0 Å². The van der Waals surface area contributed by atoms with E-state index in [1.165, 1.54) is 12.8 Å². The van der Waals surface area contributed by atoms with Crippen LogP contribution in [0, 0.1) is 16.7 Å². The minimum Gasteiger partial charge on any atom is -0.251 e. The van der Waals surface area contributed by atoms with Crippen molar-refractivity contribution in [2.24, 2.45) is 16.7 Å². The highest BCUT2D eigenvalue weighted by Crippen LogP contribution is 2.55. The second-order valence-electron chi connectivity index (χ2n) is 7.77. The van der Waals surface area contributed by atoms with E-state index in [0.717, 1.165) is 43.1 Å². The van der Waals surface area contributed by atoms with E-state index in [0.29, 0.717) is 17.3 Å². The molecule has 1 aliphatic carbocycles. The van der Waals surface area contributed by atoms with Crippen molar-refractivity contribution in [3.63, 3.8) is 0 Å². The summed E-state index contributed by atoms with van der Waals surface area (Å²) in [6.45, 7) is 15.4. The first-order valence-electron chi connectivity index (χ1n) is 8.54. The normalized spacial score (nSPS) is 22.5. The molecule has 0 aromatic carbocycles. The predicted molar refractivity (Wildman–Crippen MR) is 94.6 cm³/mol. The highest BCUT2D eigenvalue weighted by molar-refractivity contribution is 6.29. The molecule has 0 amide bonds. The van der Waals surface area contributed by atoms with Crippen LogP contribution in [0.15, 0.2) is 11.6 Å². The number of hydrogen-bond donors (Lipinski definition) is 0. The lowest BCUT2D eigenvalue weighted by molar-refractivity contribution is 0.116. The van der Waals surface area contributed by atoms with Gasteiger partial charge in [-0.2, -0.15) is 0 Å². The van der Waals surface area contributed by atoms with Crippen molar-refractivity contribution >= 4 is 11.6 Å². The first-order valence-corrected chi connectivity index (χ1v) is 8.92. The number of rotatable bonds is 7. The highest BCUT2D eigenvalue weighted by Gasteiger charge is 2.45. The Morgan fingerprint density at radius 3 is 1.95 bits per heavy atom. The molecule has 0 heterocycles. The molecule has 0 saturated heterocycles. The van der Waals surface area contributed by atoms with E-state index in [4.69, 9.17) is 11.6 Å². The summed E-state index contributed by atoms with van der Waals surface area (Å²) in [4.78, 5) is 0. The Kier molecular flexibility index (Phi) is 9.85. The van der Waals surface area contributed by atoms with E-state index in [-0.39, 0.29) is 6.67 Å². The van der Waals surface area contributed by atoms with Gasteiger partial charge >= 0.3 is 0 Å². The number of hydrogen-bond acceptors (Lipinski definition) is 0. The summed E-state index contributed by atoms with van der Waals surface area (Å²) >= 11 is 5.56. The average Bonchev–Trinajstić information content (AvgIpc) is 2.57. The number of alkyl halides is 1. The van der Waals surface area contributed by atoms with Crippen LogP contribution in [0.4, 0.5) is 4.39 Å². The summed E-state index contributed by atoms with van der Waals surface area (Å²) in [5.74, 6) is 0.905. The molecular formula is C19H36ClF. The molecule has 0 bridgehead atoms.